The molecule has 0 unspecified atom stereocenters. The molecule has 4 aromatic rings. The number of rotatable bonds is 10. The van der Waals surface area contributed by atoms with Gasteiger partial charge in [0.15, 0.2) is 5.60 Å². The predicted molar refractivity (Wildman–Crippen MR) is 250 cm³/mol. The van der Waals surface area contributed by atoms with Crippen molar-refractivity contribution in [2.75, 3.05) is 40.4 Å². The Morgan fingerprint density at radius 1 is 1.06 bits per heavy atom. The molecule has 0 radical (unpaired) electrons. The number of phenolic OH excluding ortho intramolecular Hbond substituents is 1. The molecule has 2 fully saturated rings. The molecule has 5 N–H and O–H groups in total. The molecule has 2 aromatic heterocycles. The molecule has 0 aliphatic carbocycles. The third-order valence-electron chi connectivity index (χ3n) is 13.1. The summed E-state index contributed by atoms with van der Waals surface area (Å²) in [6.45, 7) is 13.8. The van der Waals surface area contributed by atoms with Crippen molar-refractivity contribution in [1.82, 2.24) is 35.1 Å². The first kappa shape index (κ1) is 48.8. The van der Waals surface area contributed by atoms with Gasteiger partial charge in [0.2, 0.25) is 17.5 Å². The Balaban J connectivity index is 1.31. The fraction of sp³-hybridized carbons (Fsp3) is 0.480. The van der Waals surface area contributed by atoms with Crippen LogP contribution in [0.2, 0.25) is 0 Å². The summed E-state index contributed by atoms with van der Waals surface area (Å²) >= 11 is 0. The number of methoxy groups -OCH3 is 1. The molecule has 7 rings (SSSR count). The van der Waals surface area contributed by atoms with Gasteiger partial charge in [-0.1, -0.05) is 46.4 Å². The SMILES string of the molecule is C=CC(=O)N1CC[C@](O)(C(=O)N(C)[C@H](C(=O)N[C@H]2Cc3cc(O)cc(c3)-c3ccc4c(c3)c(c(-c3cncc(COC)c3)n4CC)CC(C)(C)COC(=O)[C@@]3(O)CCCN(N3)C2=O)C(C)C)C1. The number of fused-ring (bicyclic) bond motifs is 6. The van der Waals surface area contributed by atoms with Gasteiger partial charge in [-0.05, 0) is 89.9 Å². The zero-order chi connectivity index (χ0) is 48.6. The third-order valence-corrected chi connectivity index (χ3v) is 13.1. The van der Waals surface area contributed by atoms with E-state index in [1.807, 2.05) is 38.2 Å². The van der Waals surface area contributed by atoms with Gasteiger partial charge in [-0.25, -0.2) is 4.79 Å². The number of likely N-dealkylation sites (tertiary alicyclic amines) is 1. The number of nitrogens with zero attached hydrogens (tertiary/aromatic N) is 5. The highest BCUT2D eigenvalue weighted by molar-refractivity contribution is 5.97. The van der Waals surface area contributed by atoms with Gasteiger partial charge < -0.3 is 44.5 Å². The lowest BCUT2D eigenvalue weighted by Crippen LogP contribution is -2.67. The van der Waals surface area contributed by atoms with Gasteiger partial charge in [-0.3, -0.25) is 29.2 Å². The predicted octanol–water partition coefficient (Wildman–Crippen LogP) is 3.84. The standard InChI is InChI=1S/C50H63N7O10/c1-9-41(59)55-17-15-49(64,28-55)46(62)54(7)42(30(3)4)44(60)52-39-21-31-18-34(22-36(58)20-31)33-12-13-40-37(23-33)38(43(56(40)10-2)35-19-32(27-66-8)25-51-26-35)24-48(5,6)29-67-47(63)50(65)14-11-16-57(53-50)45(39)61/h9,12-13,18-20,22-23,25-26,30,39,42,53,58,64-65H,1,10-11,14-17,21,24,27-29H2,2-8H3,(H,52,60)/t39-,42-,49+,50-/m0/s1. The molecule has 4 amide bonds. The van der Waals surface area contributed by atoms with Crippen LogP contribution < -0.4 is 10.7 Å². The minimum Gasteiger partial charge on any atom is -0.508 e. The number of likely N-dealkylation sites (N-methyl/N-ethyl adjacent to an activating group) is 1. The summed E-state index contributed by atoms with van der Waals surface area (Å²) in [5.41, 5.74) is 4.35. The number of nitrogens with one attached hydrogen (secondary N) is 2. The maximum absolute atomic E-state index is 14.7. The Hall–Kier alpha value is -6.14. The van der Waals surface area contributed by atoms with Crippen LogP contribution in [-0.4, -0.2) is 133 Å². The van der Waals surface area contributed by atoms with Crippen molar-refractivity contribution >= 4 is 40.5 Å². The molecule has 2 saturated heterocycles. The highest BCUT2D eigenvalue weighted by Gasteiger charge is 2.49. The zero-order valence-corrected chi connectivity index (χ0v) is 39.4. The summed E-state index contributed by atoms with van der Waals surface area (Å²) in [5, 5.41) is 39.5. The average molecular weight is 922 g/mol. The fourth-order valence-corrected chi connectivity index (χ4v) is 9.86. The van der Waals surface area contributed by atoms with Gasteiger partial charge in [-0.2, -0.15) is 5.43 Å². The normalized spacial score (nSPS) is 22.6. The van der Waals surface area contributed by atoms with Gasteiger partial charge in [0.1, 0.15) is 17.8 Å². The van der Waals surface area contributed by atoms with Crippen molar-refractivity contribution in [3.8, 4) is 28.1 Å². The molecule has 6 bridgehead atoms. The molecule has 17 heteroatoms. The Bertz CT molecular complexity index is 2590. The number of phenols is 1. The average Bonchev–Trinajstić information content (AvgIpc) is 3.84. The number of benzene rings is 2. The van der Waals surface area contributed by atoms with E-state index in [1.54, 1.807) is 33.2 Å². The number of cyclic esters (lactones) is 1. The molecule has 3 aliphatic heterocycles. The minimum absolute atomic E-state index is 0.0489. The highest BCUT2D eigenvalue weighted by Crippen LogP contribution is 2.41. The second-order valence-electron chi connectivity index (χ2n) is 19.3. The van der Waals surface area contributed by atoms with E-state index in [4.69, 9.17) is 9.47 Å². The van der Waals surface area contributed by atoms with Gasteiger partial charge >= 0.3 is 5.97 Å². The summed E-state index contributed by atoms with van der Waals surface area (Å²) < 4.78 is 13.6. The summed E-state index contributed by atoms with van der Waals surface area (Å²) in [6, 6.07) is 10.6. The molecule has 2 aromatic carbocycles. The summed E-state index contributed by atoms with van der Waals surface area (Å²) in [7, 11) is 3.03. The first-order valence-electron chi connectivity index (χ1n) is 22.8. The quantitative estimate of drug-likeness (QED) is 0.113. The number of esters is 1. The number of aryl methyl sites for hydroxylation is 1. The number of carbonyl (C=O) groups excluding carboxylic acids is 5. The Morgan fingerprint density at radius 2 is 1.82 bits per heavy atom. The molecule has 0 saturated carbocycles. The molecular formula is C50H63N7O10. The van der Waals surface area contributed by atoms with Crippen molar-refractivity contribution in [2.45, 2.75) is 103 Å². The van der Waals surface area contributed by atoms with E-state index in [1.165, 1.54) is 18.0 Å². The van der Waals surface area contributed by atoms with E-state index in [0.29, 0.717) is 30.7 Å². The largest absolute Gasteiger partial charge is 0.508 e. The van der Waals surface area contributed by atoms with E-state index in [0.717, 1.165) is 54.8 Å². The molecule has 17 nitrogen and oxygen atoms in total. The molecule has 0 spiro atoms. The smallest absolute Gasteiger partial charge is 0.355 e. The van der Waals surface area contributed by atoms with Crippen LogP contribution >= 0.6 is 0 Å². The molecule has 67 heavy (non-hydrogen) atoms. The van der Waals surface area contributed by atoms with E-state index < -0.39 is 64.3 Å². The molecule has 5 heterocycles. The Labute approximate surface area is 390 Å². The number of hydrazine groups is 1. The number of aliphatic hydroxyl groups is 2. The Morgan fingerprint density at radius 3 is 2.52 bits per heavy atom. The second kappa shape index (κ2) is 19.2. The lowest BCUT2D eigenvalue weighted by molar-refractivity contribution is -0.189. The monoisotopic (exact) mass is 921 g/mol. The number of pyridine rings is 1. The van der Waals surface area contributed by atoms with Crippen molar-refractivity contribution in [1.29, 1.82) is 0 Å². The van der Waals surface area contributed by atoms with Crippen LogP contribution in [0.15, 0.2) is 67.5 Å². The number of hydrogen-bond donors (Lipinski definition) is 5. The number of ether oxygens (including phenoxy) is 2. The van der Waals surface area contributed by atoms with Crippen molar-refractivity contribution in [2.24, 2.45) is 11.3 Å². The van der Waals surface area contributed by atoms with Crippen LogP contribution in [0.3, 0.4) is 0 Å². The van der Waals surface area contributed by atoms with Crippen LogP contribution in [0, 0.1) is 11.3 Å². The van der Waals surface area contributed by atoms with Gasteiger partial charge in [0.25, 0.3) is 11.8 Å². The summed E-state index contributed by atoms with van der Waals surface area (Å²) in [4.78, 5) is 76.5. The highest BCUT2D eigenvalue weighted by atomic mass is 16.6. The first-order chi connectivity index (χ1) is 31.7. The number of carbonyl (C=O) groups is 5. The van der Waals surface area contributed by atoms with Gasteiger partial charge in [0, 0.05) is 87.3 Å². The topological polar surface area (TPSA) is 216 Å². The number of hydrogen-bond acceptors (Lipinski definition) is 12. The number of amides is 4. The molecular weight excluding hydrogens is 859 g/mol. The molecule has 4 atom stereocenters. The van der Waals surface area contributed by atoms with E-state index in [2.05, 4.69) is 45.9 Å². The maximum atomic E-state index is 14.7. The van der Waals surface area contributed by atoms with E-state index in [9.17, 15) is 39.3 Å². The number of aromatic nitrogens is 2. The minimum atomic E-state index is -2.29. The third kappa shape index (κ3) is 9.96. The van der Waals surface area contributed by atoms with Crippen LogP contribution in [0.25, 0.3) is 33.3 Å². The van der Waals surface area contributed by atoms with Crippen LogP contribution in [0.4, 0.5) is 0 Å². The van der Waals surface area contributed by atoms with Crippen molar-refractivity contribution < 1.29 is 48.8 Å². The zero-order valence-electron chi connectivity index (χ0n) is 39.4. The van der Waals surface area contributed by atoms with Crippen LogP contribution in [0.1, 0.15) is 70.6 Å². The van der Waals surface area contributed by atoms with Crippen LogP contribution in [-0.2, 0) is 59.4 Å². The van der Waals surface area contributed by atoms with Gasteiger partial charge in [-0.15, -0.1) is 0 Å². The lowest BCUT2D eigenvalue weighted by atomic mass is 9.84. The van der Waals surface area contributed by atoms with Crippen molar-refractivity contribution in [3.05, 3.63) is 84.2 Å². The van der Waals surface area contributed by atoms with Gasteiger partial charge in [0.05, 0.1) is 25.5 Å². The maximum Gasteiger partial charge on any atom is 0.355 e. The Kier molecular flexibility index (Phi) is 14.0. The lowest BCUT2D eigenvalue weighted by Gasteiger charge is -2.40. The second-order valence-corrected chi connectivity index (χ2v) is 19.3. The summed E-state index contributed by atoms with van der Waals surface area (Å²) in [6.07, 6.45) is 5.08. The molecule has 358 valence electrons. The fourth-order valence-electron chi connectivity index (χ4n) is 9.86. The van der Waals surface area contributed by atoms with Crippen molar-refractivity contribution in [3.63, 3.8) is 0 Å². The summed E-state index contributed by atoms with van der Waals surface area (Å²) in [5.74, 6) is -4.18. The van der Waals surface area contributed by atoms with E-state index in [-0.39, 0.29) is 57.7 Å². The number of β-amino-alcohol motifs (C(OH)–C–C–N with tert-alkyl or cyclic N) is 1. The van der Waals surface area contributed by atoms with E-state index >= 15 is 0 Å². The first-order valence-corrected chi connectivity index (χ1v) is 22.8. The molecule has 3 aliphatic rings. The number of aromatic hydroxyl groups is 1. The van der Waals surface area contributed by atoms with Crippen LogP contribution in [0.5, 0.6) is 5.75 Å².